The highest BCUT2D eigenvalue weighted by atomic mass is 16.1. The fraction of sp³-hybridized carbons (Fsp3) is 0.737. The number of nitrogens with zero attached hydrogens (tertiary/aromatic N) is 1. The van der Waals surface area contributed by atoms with E-state index in [2.05, 4.69) is 43.9 Å². The van der Waals surface area contributed by atoms with Gasteiger partial charge < -0.3 is 0 Å². The highest BCUT2D eigenvalue weighted by Gasteiger charge is 2.29. The number of likely N-dealkylation sites (tertiary alicyclic amines) is 1. The van der Waals surface area contributed by atoms with Gasteiger partial charge >= 0.3 is 0 Å². The summed E-state index contributed by atoms with van der Waals surface area (Å²) in [6.07, 6.45) is 8.04. The molecular formula is C19H35NO. The van der Waals surface area contributed by atoms with Gasteiger partial charge in [0.2, 0.25) is 0 Å². The van der Waals surface area contributed by atoms with Crippen molar-refractivity contribution in [1.29, 1.82) is 0 Å². The zero-order chi connectivity index (χ0) is 16.4. The average Bonchev–Trinajstić information content (AvgIpc) is 2.49. The standard InChI is InChI=1S/C15H23NO.2C2H6/c1-11-5-4-6-14(7-11)10-16-8-12(2)15(17)13(3)9-16;2*1-2/h4,6-7,11-13H,5,8-10H2,1-3H3;2*1-2H3/t11?,12-,13+;;. The molecule has 0 aromatic rings. The molecule has 2 nitrogen and oxygen atoms in total. The third-order valence-corrected chi connectivity index (χ3v) is 3.78. The summed E-state index contributed by atoms with van der Waals surface area (Å²) in [5.41, 5.74) is 1.41. The number of rotatable bonds is 2. The zero-order valence-electron chi connectivity index (χ0n) is 15.1. The summed E-state index contributed by atoms with van der Waals surface area (Å²) in [7, 11) is 0. The summed E-state index contributed by atoms with van der Waals surface area (Å²) in [6, 6.07) is 0. The first kappa shape index (κ1) is 20.1. The van der Waals surface area contributed by atoms with Crippen molar-refractivity contribution in [2.45, 2.75) is 54.9 Å². The van der Waals surface area contributed by atoms with Gasteiger partial charge in [-0.15, -0.1) is 0 Å². The summed E-state index contributed by atoms with van der Waals surface area (Å²) >= 11 is 0. The normalized spacial score (nSPS) is 28.8. The van der Waals surface area contributed by atoms with E-state index in [9.17, 15) is 4.79 Å². The summed E-state index contributed by atoms with van der Waals surface area (Å²) < 4.78 is 0. The van der Waals surface area contributed by atoms with E-state index in [-0.39, 0.29) is 11.8 Å². The van der Waals surface area contributed by atoms with Gasteiger partial charge in [-0.25, -0.2) is 0 Å². The van der Waals surface area contributed by atoms with Crippen molar-refractivity contribution in [3.63, 3.8) is 0 Å². The van der Waals surface area contributed by atoms with Gasteiger partial charge in [0.15, 0.2) is 0 Å². The van der Waals surface area contributed by atoms with Crippen molar-refractivity contribution in [2.24, 2.45) is 17.8 Å². The molecule has 2 rings (SSSR count). The predicted molar refractivity (Wildman–Crippen MR) is 93.5 cm³/mol. The van der Waals surface area contributed by atoms with Gasteiger partial charge in [0, 0.05) is 31.5 Å². The van der Waals surface area contributed by atoms with Crippen LogP contribution in [0.5, 0.6) is 0 Å². The first-order chi connectivity index (χ1) is 10.1. The van der Waals surface area contributed by atoms with Crippen LogP contribution in [0.4, 0.5) is 0 Å². The molecule has 3 atom stereocenters. The Morgan fingerprint density at radius 2 is 1.57 bits per heavy atom. The zero-order valence-corrected chi connectivity index (χ0v) is 15.1. The summed E-state index contributed by atoms with van der Waals surface area (Å²) in [6.45, 7) is 17.2. The largest absolute Gasteiger partial charge is 0.299 e. The second-order valence-electron chi connectivity index (χ2n) is 5.76. The van der Waals surface area contributed by atoms with Gasteiger partial charge in [-0.1, -0.05) is 66.7 Å². The van der Waals surface area contributed by atoms with E-state index in [0.717, 1.165) is 26.1 Å². The Labute approximate surface area is 132 Å². The molecule has 2 heteroatoms. The molecule has 1 fully saturated rings. The molecule has 0 aromatic heterocycles. The number of ketones is 1. The fourth-order valence-corrected chi connectivity index (χ4v) is 2.93. The highest BCUT2D eigenvalue weighted by Crippen LogP contribution is 2.21. The Bertz CT molecular complexity index is 343. The molecule has 122 valence electrons. The molecule has 0 saturated carbocycles. The maximum absolute atomic E-state index is 11.8. The number of carbonyl (C=O) groups excluding carboxylic acids is 1. The van der Waals surface area contributed by atoms with E-state index in [1.807, 2.05) is 27.7 Å². The molecule has 0 N–H and O–H groups in total. The minimum atomic E-state index is 0.198. The van der Waals surface area contributed by atoms with Crippen LogP contribution >= 0.6 is 0 Å². The lowest BCUT2D eigenvalue weighted by Crippen LogP contribution is -2.45. The summed E-state index contributed by atoms with van der Waals surface area (Å²) in [5, 5.41) is 0. The van der Waals surface area contributed by atoms with Crippen LogP contribution in [0.2, 0.25) is 0 Å². The molecule has 1 saturated heterocycles. The van der Waals surface area contributed by atoms with Crippen molar-refractivity contribution in [3.05, 3.63) is 23.8 Å². The molecule has 0 bridgehead atoms. The van der Waals surface area contributed by atoms with Crippen LogP contribution in [-0.2, 0) is 4.79 Å². The average molecular weight is 293 g/mol. The molecule has 21 heavy (non-hydrogen) atoms. The molecule has 0 spiro atoms. The van der Waals surface area contributed by atoms with Crippen molar-refractivity contribution < 1.29 is 4.79 Å². The third kappa shape index (κ3) is 6.60. The maximum atomic E-state index is 11.8. The van der Waals surface area contributed by atoms with Crippen LogP contribution in [0.1, 0.15) is 54.9 Å². The fourth-order valence-electron chi connectivity index (χ4n) is 2.93. The van der Waals surface area contributed by atoms with Crippen molar-refractivity contribution >= 4 is 5.78 Å². The molecule has 2 aliphatic rings. The van der Waals surface area contributed by atoms with Crippen LogP contribution in [0.15, 0.2) is 23.8 Å². The van der Waals surface area contributed by atoms with Crippen molar-refractivity contribution in [2.75, 3.05) is 19.6 Å². The number of Topliss-reactive ketones (excluding diaryl/α,β-unsaturated/α-hetero) is 1. The Balaban J connectivity index is 0.000000921. The Morgan fingerprint density at radius 3 is 2.05 bits per heavy atom. The van der Waals surface area contributed by atoms with Crippen LogP contribution in [-0.4, -0.2) is 30.3 Å². The van der Waals surface area contributed by atoms with Crippen LogP contribution in [0.25, 0.3) is 0 Å². The van der Waals surface area contributed by atoms with E-state index >= 15 is 0 Å². The minimum Gasteiger partial charge on any atom is -0.299 e. The number of piperidine rings is 1. The van der Waals surface area contributed by atoms with Gasteiger partial charge in [0.25, 0.3) is 0 Å². The van der Waals surface area contributed by atoms with Gasteiger partial charge in [-0.05, 0) is 17.9 Å². The first-order valence-electron chi connectivity index (χ1n) is 8.69. The van der Waals surface area contributed by atoms with E-state index < -0.39 is 0 Å². The van der Waals surface area contributed by atoms with Crippen LogP contribution in [0, 0.1) is 17.8 Å². The number of allylic oxidation sites excluding steroid dienone is 2. The van der Waals surface area contributed by atoms with Gasteiger partial charge in [0.05, 0.1) is 0 Å². The van der Waals surface area contributed by atoms with E-state index in [1.54, 1.807) is 0 Å². The molecule has 0 aromatic carbocycles. The van der Waals surface area contributed by atoms with E-state index in [4.69, 9.17) is 0 Å². The lowest BCUT2D eigenvalue weighted by Gasteiger charge is -2.34. The molecule has 0 radical (unpaired) electrons. The van der Waals surface area contributed by atoms with Gasteiger partial charge in [-0.2, -0.15) is 0 Å². The second kappa shape index (κ2) is 10.8. The SMILES string of the molecule is CC.CC.CC1C=C(CN2C[C@@H](C)C(=O)[C@@H](C)C2)C=CC1. The Hall–Kier alpha value is -0.890. The van der Waals surface area contributed by atoms with Crippen molar-refractivity contribution in [1.82, 2.24) is 4.90 Å². The molecule has 0 amide bonds. The lowest BCUT2D eigenvalue weighted by atomic mass is 9.89. The quantitative estimate of drug-likeness (QED) is 0.734. The topological polar surface area (TPSA) is 20.3 Å². The lowest BCUT2D eigenvalue weighted by molar-refractivity contribution is -0.129. The minimum absolute atomic E-state index is 0.198. The van der Waals surface area contributed by atoms with E-state index in [0.29, 0.717) is 11.7 Å². The Kier molecular flexibility index (Phi) is 10.3. The van der Waals surface area contributed by atoms with Gasteiger partial charge in [0.1, 0.15) is 5.78 Å². The first-order valence-corrected chi connectivity index (χ1v) is 8.69. The highest BCUT2D eigenvalue weighted by molar-refractivity contribution is 5.83. The molecule has 1 heterocycles. The smallest absolute Gasteiger partial charge is 0.141 e. The monoisotopic (exact) mass is 293 g/mol. The van der Waals surface area contributed by atoms with Crippen LogP contribution in [0.3, 0.4) is 0 Å². The van der Waals surface area contributed by atoms with Crippen molar-refractivity contribution in [3.8, 4) is 0 Å². The molecule has 1 unspecified atom stereocenters. The van der Waals surface area contributed by atoms with Gasteiger partial charge in [-0.3, -0.25) is 9.69 Å². The predicted octanol–water partition coefficient (Wildman–Crippen LogP) is 4.72. The Morgan fingerprint density at radius 1 is 1.05 bits per heavy atom. The number of hydrogen-bond acceptors (Lipinski definition) is 2. The summed E-state index contributed by atoms with van der Waals surface area (Å²) in [4.78, 5) is 14.2. The van der Waals surface area contributed by atoms with E-state index in [1.165, 1.54) is 5.57 Å². The third-order valence-electron chi connectivity index (χ3n) is 3.78. The molecule has 1 aliphatic heterocycles. The maximum Gasteiger partial charge on any atom is 0.141 e. The second-order valence-corrected chi connectivity index (χ2v) is 5.76. The summed E-state index contributed by atoms with van der Waals surface area (Å²) in [5.74, 6) is 1.49. The number of hydrogen-bond donors (Lipinski definition) is 0. The van der Waals surface area contributed by atoms with Crippen LogP contribution < -0.4 is 0 Å². The molecular weight excluding hydrogens is 258 g/mol. The number of carbonyl (C=O) groups is 1. The molecule has 1 aliphatic carbocycles.